The Balaban J connectivity index is 1.66. The van der Waals surface area contributed by atoms with Gasteiger partial charge in [-0.25, -0.2) is 4.79 Å². The second-order valence-corrected chi connectivity index (χ2v) is 4.71. The number of carbonyl (C=O) groups excluding carboxylic acids is 1. The Morgan fingerprint density at radius 3 is 2.75 bits per heavy atom. The number of rotatable bonds is 4. The van der Waals surface area contributed by atoms with Crippen molar-refractivity contribution in [3.8, 4) is 0 Å². The summed E-state index contributed by atoms with van der Waals surface area (Å²) >= 11 is 0. The first kappa shape index (κ1) is 11.2. The lowest BCUT2D eigenvalue weighted by molar-refractivity contribution is -0.137. The molecule has 2 N–H and O–H groups in total. The molecule has 2 atom stereocenters. The Bertz CT molecular complexity index is 293. The number of aliphatic carboxylic acids is 1. The molecule has 0 aromatic rings. The smallest absolute Gasteiger partial charge is 0.317 e. The van der Waals surface area contributed by atoms with E-state index in [-0.39, 0.29) is 12.5 Å². The van der Waals surface area contributed by atoms with E-state index in [1.807, 2.05) is 4.90 Å². The minimum atomic E-state index is -0.811. The quantitative estimate of drug-likeness (QED) is 0.704. The van der Waals surface area contributed by atoms with Crippen LogP contribution in [0.1, 0.15) is 32.1 Å². The molecule has 0 aromatic heterocycles. The van der Waals surface area contributed by atoms with Crippen molar-refractivity contribution in [3.05, 3.63) is 0 Å². The third kappa shape index (κ3) is 2.46. The van der Waals surface area contributed by atoms with Gasteiger partial charge in [-0.3, -0.25) is 4.79 Å². The monoisotopic (exact) mass is 226 g/mol. The fourth-order valence-electron chi connectivity index (χ4n) is 2.71. The highest BCUT2D eigenvalue weighted by Gasteiger charge is 2.39. The summed E-state index contributed by atoms with van der Waals surface area (Å²) in [5.74, 6) is -0.107. The molecule has 2 rings (SSSR count). The normalized spacial score (nSPS) is 27.1. The molecule has 16 heavy (non-hydrogen) atoms. The molecule has 5 nitrogen and oxygen atoms in total. The van der Waals surface area contributed by atoms with Crippen molar-refractivity contribution in [2.45, 2.75) is 38.1 Å². The molecule has 1 aliphatic carbocycles. The molecule has 2 aliphatic rings. The highest BCUT2D eigenvalue weighted by Crippen LogP contribution is 2.37. The number of nitrogens with zero attached hydrogens (tertiary/aromatic N) is 1. The van der Waals surface area contributed by atoms with E-state index in [9.17, 15) is 9.59 Å². The number of hydrogen-bond donors (Lipinski definition) is 2. The molecule has 2 bridgehead atoms. The van der Waals surface area contributed by atoms with E-state index in [4.69, 9.17) is 5.11 Å². The fraction of sp³-hybridized carbons (Fsp3) is 0.818. The maximum Gasteiger partial charge on any atom is 0.317 e. The number of piperidine rings is 1. The van der Waals surface area contributed by atoms with Crippen molar-refractivity contribution in [1.82, 2.24) is 10.2 Å². The van der Waals surface area contributed by atoms with Crippen molar-refractivity contribution in [2.75, 3.05) is 13.1 Å². The Morgan fingerprint density at radius 2 is 2.19 bits per heavy atom. The van der Waals surface area contributed by atoms with E-state index >= 15 is 0 Å². The van der Waals surface area contributed by atoms with Gasteiger partial charge in [0.1, 0.15) is 0 Å². The lowest BCUT2D eigenvalue weighted by atomic mass is 10.1. The minimum Gasteiger partial charge on any atom is -0.481 e. The van der Waals surface area contributed by atoms with Gasteiger partial charge < -0.3 is 15.3 Å². The average Bonchev–Trinajstić information content (AvgIpc) is 2.85. The van der Waals surface area contributed by atoms with Gasteiger partial charge in [0.05, 0.1) is 0 Å². The van der Waals surface area contributed by atoms with Gasteiger partial charge in [-0.05, 0) is 31.6 Å². The first-order valence-electron chi connectivity index (χ1n) is 5.93. The predicted octanol–water partition coefficient (Wildman–Crippen LogP) is 1.05. The number of amides is 2. The zero-order valence-corrected chi connectivity index (χ0v) is 9.32. The van der Waals surface area contributed by atoms with Crippen LogP contribution in [0, 0.1) is 5.92 Å². The second-order valence-electron chi connectivity index (χ2n) is 4.71. The average molecular weight is 226 g/mol. The molecule has 0 aromatic carbocycles. The van der Waals surface area contributed by atoms with Gasteiger partial charge in [0.2, 0.25) is 0 Å². The van der Waals surface area contributed by atoms with Crippen LogP contribution in [0.4, 0.5) is 4.79 Å². The molecular formula is C11H18N2O3. The van der Waals surface area contributed by atoms with E-state index in [2.05, 4.69) is 5.32 Å². The molecule has 1 heterocycles. The van der Waals surface area contributed by atoms with Gasteiger partial charge >= 0.3 is 12.0 Å². The summed E-state index contributed by atoms with van der Waals surface area (Å²) in [6.07, 6.45) is 4.17. The number of likely N-dealkylation sites (tertiary alicyclic amines) is 1. The van der Waals surface area contributed by atoms with Crippen molar-refractivity contribution in [3.63, 3.8) is 0 Å². The van der Waals surface area contributed by atoms with Gasteiger partial charge in [-0.2, -0.15) is 0 Å². The number of fused-ring (bicyclic) bond motifs is 2. The van der Waals surface area contributed by atoms with E-state index < -0.39 is 5.97 Å². The summed E-state index contributed by atoms with van der Waals surface area (Å²) in [7, 11) is 0. The third-order valence-corrected chi connectivity index (χ3v) is 3.51. The largest absolute Gasteiger partial charge is 0.481 e. The van der Waals surface area contributed by atoms with Crippen molar-refractivity contribution in [2.24, 2.45) is 5.92 Å². The third-order valence-electron chi connectivity index (χ3n) is 3.51. The minimum absolute atomic E-state index is 0.0161. The lowest BCUT2D eigenvalue weighted by Crippen LogP contribution is -2.44. The number of carboxylic acids is 1. The van der Waals surface area contributed by atoms with Crippen LogP contribution in [0.5, 0.6) is 0 Å². The Hall–Kier alpha value is -1.26. The Morgan fingerprint density at radius 1 is 1.38 bits per heavy atom. The number of hydrogen-bond acceptors (Lipinski definition) is 2. The van der Waals surface area contributed by atoms with Crippen LogP contribution in [0.25, 0.3) is 0 Å². The van der Waals surface area contributed by atoms with Crippen LogP contribution in [-0.2, 0) is 4.79 Å². The molecule has 90 valence electrons. The van der Waals surface area contributed by atoms with Crippen LogP contribution in [0.3, 0.4) is 0 Å². The number of carbonyl (C=O) groups is 2. The molecule has 1 saturated carbocycles. The summed E-state index contributed by atoms with van der Waals surface area (Å²) < 4.78 is 0. The molecule has 2 amide bonds. The van der Waals surface area contributed by atoms with Gasteiger partial charge in [0.25, 0.3) is 0 Å². The number of nitrogens with one attached hydrogen (secondary N) is 1. The zero-order valence-electron chi connectivity index (χ0n) is 9.32. The molecule has 5 heteroatoms. The molecular weight excluding hydrogens is 208 g/mol. The second kappa shape index (κ2) is 4.72. The first-order chi connectivity index (χ1) is 7.66. The summed E-state index contributed by atoms with van der Waals surface area (Å²) in [5, 5.41) is 11.2. The summed E-state index contributed by atoms with van der Waals surface area (Å²) in [6, 6.07) is 0.419. The summed E-state index contributed by atoms with van der Waals surface area (Å²) in [6.45, 7) is 1.34. The summed E-state index contributed by atoms with van der Waals surface area (Å²) in [5.41, 5.74) is 0. The van der Waals surface area contributed by atoms with E-state index in [1.165, 1.54) is 6.42 Å². The maximum absolute atomic E-state index is 11.7. The molecule has 1 aliphatic heterocycles. The first-order valence-corrected chi connectivity index (χ1v) is 5.93. The van der Waals surface area contributed by atoms with Crippen LogP contribution < -0.4 is 5.32 Å². The van der Waals surface area contributed by atoms with E-state index in [1.54, 1.807) is 0 Å². The Kier molecular flexibility index (Phi) is 3.31. The standard InChI is InChI=1S/C11H18N2O3/c14-10(15)2-1-5-12-11(16)13-7-8-3-4-9(13)6-8/h8-9H,1-7H2,(H,12,16)(H,14,15). The lowest BCUT2D eigenvalue weighted by Gasteiger charge is -2.27. The molecule has 2 unspecified atom stereocenters. The van der Waals surface area contributed by atoms with Crippen LogP contribution in [-0.4, -0.2) is 41.1 Å². The molecule has 0 radical (unpaired) electrons. The number of carboxylic acid groups (broad SMARTS) is 1. The van der Waals surface area contributed by atoms with E-state index in [0.29, 0.717) is 24.9 Å². The topological polar surface area (TPSA) is 69.6 Å². The molecule has 2 fully saturated rings. The number of urea groups is 1. The summed E-state index contributed by atoms with van der Waals surface area (Å²) in [4.78, 5) is 23.9. The predicted molar refractivity (Wildman–Crippen MR) is 58.1 cm³/mol. The van der Waals surface area contributed by atoms with Crippen LogP contribution in [0.15, 0.2) is 0 Å². The zero-order chi connectivity index (χ0) is 11.5. The van der Waals surface area contributed by atoms with Gasteiger partial charge in [0, 0.05) is 25.6 Å². The highest BCUT2D eigenvalue weighted by molar-refractivity contribution is 5.75. The van der Waals surface area contributed by atoms with Crippen LogP contribution in [0.2, 0.25) is 0 Å². The fourth-order valence-corrected chi connectivity index (χ4v) is 2.71. The highest BCUT2D eigenvalue weighted by atomic mass is 16.4. The van der Waals surface area contributed by atoms with Crippen molar-refractivity contribution < 1.29 is 14.7 Å². The van der Waals surface area contributed by atoms with Gasteiger partial charge in [0.15, 0.2) is 0 Å². The SMILES string of the molecule is O=C(O)CCCNC(=O)N1CC2CCC1C2. The van der Waals surface area contributed by atoms with Crippen molar-refractivity contribution >= 4 is 12.0 Å². The molecule has 1 saturated heterocycles. The van der Waals surface area contributed by atoms with Crippen LogP contribution >= 0.6 is 0 Å². The van der Waals surface area contributed by atoms with Gasteiger partial charge in [-0.1, -0.05) is 0 Å². The Labute approximate surface area is 94.8 Å². The van der Waals surface area contributed by atoms with E-state index in [0.717, 1.165) is 19.4 Å². The maximum atomic E-state index is 11.7. The molecule has 0 spiro atoms. The van der Waals surface area contributed by atoms with Gasteiger partial charge in [-0.15, -0.1) is 0 Å². The van der Waals surface area contributed by atoms with Crippen molar-refractivity contribution in [1.29, 1.82) is 0 Å².